The molecule has 2 unspecified atom stereocenters. The van der Waals surface area contributed by atoms with Gasteiger partial charge in [-0.25, -0.2) is 0 Å². The number of hydrogen-bond donors (Lipinski definition) is 0. The van der Waals surface area contributed by atoms with Crippen LogP contribution in [0.2, 0.25) is 0 Å². The Hall–Kier alpha value is -5.14. The standard InChI is InChI=1S/C48H39N/c1-28-25-38(29(2)45-46(28)49(31-15-6-5-7-16-31)48(4)24-9-8-23-47(45,48)3)32-21-22-37-42-27-40-35-18-11-14-30-13-10-17-34(43(30)35)39(40)26-41(42)36-20-12-19-33(32)44(36)37/h5-7,10-22,25-27H,8-9,23-24H2,1-4H3. The fourth-order valence-electron chi connectivity index (χ4n) is 11.0. The van der Waals surface area contributed by atoms with Crippen LogP contribution in [0.25, 0.3) is 75.8 Å². The maximum absolute atomic E-state index is 2.73. The first-order chi connectivity index (χ1) is 23.9. The number of aryl methyl sites for hydroxylation is 1. The van der Waals surface area contributed by atoms with Gasteiger partial charge in [-0.2, -0.15) is 0 Å². The first kappa shape index (κ1) is 27.8. The topological polar surface area (TPSA) is 3.24 Å². The van der Waals surface area contributed by atoms with E-state index in [1.54, 1.807) is 5.56 Å². The van der Waals surface area contributed by atoms with Gasteiger partial charge < -0.3 is 4.90 Å². The quantitative estimate of drug-likeness (QED) is 0.184. The van der Waals surface area contributed by atoms with Gasteiger partial charge in [0.1, 0.15) is 0 Å². The summed E-state index contributed by atoms with van der Waals surface area (Å²) in [5.41, 5.74) is 10.0. The summed E-state index contributed by atoms with van der Waals surface area (Å²) in [5.74, 6) is 0. The van der Waals surface area contributed by atoms with Crippen molar-refractivity contribution in [2.24, 2.45) is 0 Å². The van der Waals surface area contributed by atoms with Crippen LogP contribution in [0.1, 0.15) is 56.2 Å². The first-order valence-electron chi connectivity index (χ1n) is 18.2. The normalized spacial score (nSPS) is 20.9. The Morgan fingerprint density at radius 1 is 0.510 bits per heavy atom. The highest BCUT2D eigenvalue weighted by Crippen LogP contribution is 2.63. The number of rotatable bonds is 2. The Labute approximate surface area is 287 Å². The highest BCUT2D eigenvalue weighted by molar-refractivity contribution is 6.38. The van der Waals surface area contributed by atoms with E-state index in [1.807, 2.05) is 0 Å². The van der Waals surface area contributed by atoms with Gasteiger partial charge in [-0.3, -0.25) is 0 Å². The second-order valence-electron chi connectivity index (χ2n) is 15.6. The van der Waals surface area contributed by atoms with Crippen LogP contribution in [-0.4, -0.2) is 5.54 Å². The molecular formula is C48H39N. The van der Waals surface area contributed by atoms with Crippen LogP contribution in [0.3, 0.4) is 0 Å². The Balaban J connectivity index is 1.18. The molecule has 1 heteroatoms. The van der Waals surface area contributed by atoms with E-state index < -0.39 is 0 Å². The van der Waals surface area contributed by atoms with Gasteiger partial charge in [0.2, 0.25) is 0 Å². The Kier molecular flexibility index (Phi) is 5.27. The molecule has 236 valence electrons. The molecule has 0 N–H and O–H groups in total. The van der Waals surface area contributed by atoms with Crippen LogP contribution in [-0.2, 0) is 5.41 Å². The Morgan fingerprint density at radius 2 is 1.10 bits per heavy atom. The summed E-state index contributed by atoms with van der Waals surface area (Å²) in [5, 5.41) is 16.4. The minimum absolute atomic E-state index is 0.0378. The van der Waals surface area contributed by atoms with Crippen LogP contribution in [0.15, 0.2) is 115 Å². The average Bonchev–Trinajstić information content (AvgIpc) is 3.70. The zero-order valence-electron chi connectivity index (χ0n) is 28.7. The Bertz CT molecular complexity index is 2740. The molecule has 0 radical (unpaired) electrons. The van der Waals surface area contributed by atoms with E-state index in [0.29, 0.717) is 0 Å². The molecule has 0 spiro atoms. The van der Waals surface area contributed by atoms with Gasteiger partial charge in [0, 0.05) is 16.8 Å². The van der Waals surface area contributed by atoms with Crippen LogP contribution in [0.4, 0.5) is 11.4 Å². The van der Waals surface area contributed by atoms with Crippen molar-refractivity contribution >= 4 is 76.0 Å². The number of fused-ring (bicyclic) bond motifs is 9. The molecule has 2 atom stereocenters. The molecule has 0 bridgehead atoms. The van der Waals surface area contributed by atoms with Crippen molar-refractivity contribution in [1.82, 2.24) is 0 Å². The van der Waals surface area contributed by atoms with E-state index >= 15 is 0 Å². The van der Waals surface area contributed by atoms with E-state index in [1.165, 1.54) is 124 Å². The summed E-state index contributed by atoms with van der Waals surface area (Å²) >= 11 is 0. The lowest BCUT2D eigenvalue weighted by atomic mass is 9.60. The SMILES string of the molecule is Cc1cc(-c2ccc3c4cc5c(cc4c4cccc2c43)c2cccc3cccc5c32)c(C)c2c1N(c1ccccc1)C1(C)CCCCC21C. The van der Waals surface area contributed by atoms with Crippen molar-refractivity contribution in [2.45, 2.75) is 64.3 Å². The van der Waals surface area contributed by atoms with E-state index in [0.717, 1.165) is 0 Å². The van der Waals surface area contributed by atoms with Crippen LogP contribution >= 0.6 is 0 Å². The number of benzene rings is 7. The van der Waals surface area contributed by atoms with Crippen LogP contribution < -0.4 is 4.90 Å². The minimum atomic E-state index is 0.0378. The van der Waals surface area contributed by atoms with Crippen molar-refractivity contribution < 1.29 is 0 Å². The predicted octanol–water partition coefficient (Wildman–Crippen LogP) is 13.5. The van der Waals surface area contributed by atoms with Crippen LogP contribution in [0, 0.1) is 13.8 Å². The molecule has 1 nitrogen and oxygen atoms in total. The molecule has 0 saturated heterocycles. The lowest BCUT2D eigenvalue weighted by Gasteiger charge is -2.50. The van der Waals surface area contributed by atoms with Gasteiger partial charge in [-0.15, -0.1) is 0 Å². The smallest absolute Gasteiger partial charge is 0.0518 e. The largest absolute Gasteiger partial charge is 0.334 e. The van der Waals surface area contributed by atoms with Gasteiger partial charge in [0.15, 0.2) is 0 Å². The average molecular weight is 630 g/mol. The molecule has 9 aromatic rings. The number of hydrogen-bond acceptors (Lipinski definition) is 1. The molecular weight excluding hydrogens is 591 g/mol. The second kappa shape index (κ2) is 9.30. The summed E-state index contributed by atoms with van der Waals surface area (Å²) in [6.45, 7) is 9.90. The maximum Gasteiger partial charge on any atom is 0.0518 e. The third-order valence-electron chi connectivity index (χ3n) is 13.4. The molecule has 1 heterocycles. The zero-order chi connectivity index (χ0) is 32.8. The third kappa shape index (κ3) is 3.27. The minimum Gasteiger partial charge on any atom is -0.334 e. The van der Waals surface area contributed by atoms with E-state index in [-0.39, 0.29) is 11.0 Å². The fraction of sp³-hybridized carbons (Fsp3) is 0.208. The van der Waals surface area contributed by atoms with Crippen molar-refractivity contribution in [3.05, 3.63) is 132 Å². The molecule has 2 aliphatic rings. The number of para-hydroxylation sites is 1. The number of nitrogens with zero attached hydrogens (tertiary/aromatic N) is 1. The van der Waals surface area contributed by atoms with Crippen molar-refractivity contribution in [1.29, 1.82) is 0 Å². The summed E-state index contributed by atoms with van der Waals surface area (Å²) in [7, 11) is 0. The lowest BCUT2D eigenvalue weighted by molar-refractivity contribution is 0.194. The van der Waals surface area contributed by atoms with E-state index in [2.05, 4.69) is 148 Å². The first-order valence-corrected chi connectivity index (χ1v) is 18.2. The Morgan fingerprint density at radius 3 is 1.80 bits per heavy atom. The molecule has 0 aromatic heterocycles. The monoisotopic (exact) mass is 629 g/mol. The molecule has 1 aliphatic carbocycles. The molecule has 1 fully saturated rings. The van der Waals surface area contributed by atoms with Crippen molar-refractivity contribution in [2.75, 3.05) is 4.90 Å². The summed E-state index contributed by atoms with van der Waals surface area (Å²) in [6.07, 6.45) is 5.01. The maximum atomic E-state index is 2.73. The summed E-state index contributed by atoms with van der Waals surface area (Å²) < 4.78 is 0. The number of anilines is 2. The van der Waals surface area contributed by atoms with E-state index in [9.17, 15) is 0 Å². The van der Waals surface area contributed by atoms with Gasteiger partial charge in [0.25, 0.3) is 0 Å². The molecule has 1 aliphatic heterocycles. The van der Waals surface area contributed by atoms with Crippen LogP contribution in [0.5, 0.6) is 0 Å². The van der Waals surface area contributed by atoms with Gasteiger partial charge >= 0.3 is 0 Å². The van der Waals surface area contributed by atoms with Crippen molar-refractivity contribution in [3.63, 3.8) is 0 Å². The van der Waals surface area contributed by atoms with Gasteiger partial charge in [-0.1, -0.05) is 105 Å². The molecule has 9 aromatic carbocycles. The summed E-state index contributed by atoms with van der Waals surface area (Å²) in [6, 6.07) is 44.0. The van der Waals surface area contributed by atoms with Gasteiger partial charge in [0.05, 0.1) is 5.54 Å². The lowest BCUT2D eigenvalue weighted by Crippen LogP contribution is -2.54. The zero-order valence-corrected chi connectivity index (χ0v) is 28.7. The highest BCUT2D eigenvalue weighted by Gasteiger charge is 2.58. The molecule has 49 heavy (non-hydrogen) atoms. The predicted molar refractivity (Wildman–Crippen MR) is 212 cm³/mol. The second-order valence-corrected chi connectivity index (χ2v) is 15.6. The molecule has 11 rings (SSSR count). The molecule has 1 saturated carbocycles. The van der Waals surface area contributed by atoms with Gasteiger partial charge in [-0.05, 0) is 156 Å². The third-order valence-corrected chi connectivity index (χ3v) is 13.4. The molecule has 0 amide bonds. The highest BCUT2D eigenvalue weighted by atomic mass is 15.3. The fourth-order valence-corrected chi connectivity index (χ4v) is 11.0. The summed E-state index contributed by atoms with van der Waals surface area (Å²) in [4.78, 5) is 2.73. The van der Waals surface area contributed by atoms with Crippen molar-refractivity contribution in [3.8, 4) is 11.1 Å². The van der Waals surface area contributed by atoms with E-state index in [4.69, 9.17) is 0 Å².